The molecule has 0 unspecified atom stereocenters. The van der Waals surface area contributed by atoms with E-state index in [1.54, 1.807) is 28.7 Å². The second-order valence-electron chi connectivity index (χ2n) is 4.48. The maximum atomic E-state index is 13.7. The summed E-state index contributed by atoms with van der Waals surface area (Å²) in [4.78, 5) is 4.18. The molecule has 0 saturated heterocycles. The Morgan fingerprint density at radius 3 is 3.00 bits per heavy atom. The number of hydrogen-bond acceptors (Lipinski definition) is 5. The molecule has 0 fully saturated rings. The third-order valence-electron chi connectivity index (χ3n) is 2.81. The van der Waals surface area contributed by atoms with Gasteiger partial charge in [0.1, 0.15) is 11.6 Å². The van der Waals surface area contributed by atoms with Crippen LogP contribution in [0.1, 0.15) is 5.56 Å². The van der Waals surface area contributed by atoms with Gasteiger partial charge in [0.2, 0.25) is 5.13 Å². The lowest BCUT2D eigenvalue weighted by Crippen LogP contribution is -1.91. The largest absolute Gasteiger partial charge is 0.275 e. The van der Waals surface area contributed by atoms with E-state index in [1.807, 2.05) is 7.05 Å². The van der Waals surface area contributed by atoms with Crippen LogP contribution in [0.15, 0.2) is 41.1 Å². The van der Waals surface area contributed by atoms with Crippen molar-refractivity contribution in [2.45, 2.75) is 0 Å². The molecule has 0 aliphatic rings. The number of anilines is 1. The molecule has 2 heterocycles. The first-order valence-electron chi connectivity index (χ1n) is 6.30. The van der Waals surface area contributed by atoms with Crippen molar-refractivity contribution in [1.82, 2.24) is 14.8 Å². The monoisotopic (exact) mass is 319 g/mol. The zero-order valence-electron chi connectivity index (χ0n) is 11.5. The highest BCUT2D eigenvalue weighted by molar-refractivity contribution is 7.14. The minimum absolute atomic E-state index is 0.125. The van der Waals surface area contributed by atoms with Gasteiger partial charge in [0.05, 0.1) is 18.1 Å². The van der Waals surface area contributed by atoms with E-state index in [0.717, 1.165) is 23.8 Å². The molecule has 0 atom stereocenters. The van der Waals surface area contributed by atoms with Gasteiger partial charge >= 0.3 is 0 Å². The van der Waals surface area contributed by atoms with Crippen LogP contribution in [0.3, 0.4) is 0 Å². The number of halogens is 2. The lowest BCUT2D eigenvalue weighted by atomic mass is 10.1. The molecule has 0 aliphatic carbocycles. The predicted molar refractivity (Wildman–Crippen MR) is 81.9 cm³/mol. The van der Waals surface area contributed by atoms with Crippen LogP contribution in [0.25, 0.3) is 11.3 Å². The molecule has 22 heavy (non-hydrogen) atoms. The predicted octanol–water partition coefficient (Wildman–Crippen LogP) is 3.27. The number of aromatic nitrogens is 3. The first-order chi connectivity index (χ1) is 10.6. The van der Waals surface area contributed by atoms with E-state index >= 15 is 0 Å². The standard InChI is InChI=1S/C14H11F2N5S/c1-21-7-9(6-18-21)5-17-20-14-19-13(8-22-14)11-4-10(15)2-3-12(11)16/h2-8H,1H3,(H,19,20)/b17-5+. The second kappa shape index (κ2) is 6.02. The molecule has 0 aliphatic heterocycles. The Labute approximate surface area is 128 Å². The number of benzene rings is 1. The van der Waals surface area contributed by atoms with Crippen molar-refractivity contribution in [3.05, 3.63) is 53.2 Å². The Balaban J connectivity index is 1.74. The molecule has 0 radical (unpaired) electrons. The van der Waals surface area contributed by atoms with Crippen molar-refractivity contribution < 1.29 is 8.78 Å². The fourth-order valence-electron chi connectivity index (χ4n) is 1.81. The average molecular weight is 319 g/mol. The summed E-state index contributed by atoms with van der Waals surface area (Å²) in [5, 5.41) is 10.2. The molecule has 1 aromatic carbocycles. The highest BCUT2D eigenvalue weighted by Crippen LogP contribution is 2.27. The topological polar surface area (TPSA) is 55.1 Å². The molecule has 5 nitrogen and oxygen atoms in total. The van der Waals surface area contributed by atoms with Gasteiger partial charge in [-0.15, -0.1) is 11.3 Å². The Bertz CT molecular complexity index is 824. The molecular weight excluding hydrogens is 308 g/mol. The molecule has 112 valence electrons. The van der Waals surface area contributed by atoms with E-state index < -0.39 is 11.6 Å². The van der Waals surface area contributed by atoms with E-state index in [4.69, 9.17) is 0 Å². The number of aryl methyl sites for hydroxylation is 1. The quantitative estimate of drug-likeness (QED) is 0.593. The molecule has 3 aromatic rings. The van der Waals surface area contributed by atoms with Gasteiger partial charge in [-0.2, -0.15) is 10.2 Å². The number of hydrazone groups is 1. The van der Waals surface area contributed by atoms with Crippen LogP contribution >= 0.6 is 11.3 Å². The summed E-state index contributed by atoms with van der Waals surface area (Å²) in [5.74, 6) is -1.02. The summed E-state index contributed by atoms with van der Waals surface area (Å²) in [6, 6.07) is 3.27. The third-order valence-corrected chi connectivity index (χ3v) is 3.55. The number of nitrogens with zero attached hydrogens (tertiary/aromatic N) is 4. The van der Waals surface area contributed by atoms with Gasteiger partial charge in [-0.3, -0.25) is 10.1 Å². The Morgan fingerprint density at radius 2 is 2.23 bits per heavy atom. The molecule has 0 saturated carbocycles. The van der Waals surface area contributed by atoms with Crippen molar-refractivity contribution in [1.29, 1.82) is 0 Å². The third kappa shape index (κ3) is 3.17. The van der Waals surface area contributed by atoms with Crippen LogP contribution in [0.5, 0.6) is 0 Å². The minimum Gasteiger partial charge on any atom is -0.275 e. The van der Waals surface area contributed by atoms with Gasteiger partial charge in [0.25, 0.3) is 0 Å². The number of thiazole rings is 1. The highest BCUT2D eigenvalue weighted by atomic mass is 32.1. The molecule has 3 rings (SSSR count). The van der Waals surface area contributed by atoms with Crippen molar-refractivity contribution in [2.24, 2.45) is 12.1 Å². The molecule has 1 N–H and O–H groups in total. The van der Waals surface area contributed by atoms with Crippen LogP contribution in [-0.4, -0.2) is 21.0 Å². The van der Waals surface area contributed by atoms with E-state index in [1.165, 1.54) is 11.3 Å². The van der Waals surface area contributed by atoms with E-state index in [9.17, 15) is 8.78 Å². The van der Waals surface area contributed by atoms with Crippen molar-refractivity contribution in [3.63, 3.8) is 0 Å². The van der Waals surface area contributed by atoms with Crippen molar-refractivity contribution in [3.8, 4) is 11.3 Å². The fourth-order valence-corrected chi connectivity index (χ4v) is 2.47. The van der Waals surface area contributed by atoms with Crippen LogP contribution in [0.4, 0.5) is 13.9 Å². The first-order valence-corrected chi connectivity index (χ1v) is 7.18. The minimum atomic E-state index is -0.517. The normalized spacial score (nSPS) is 11.2. The van der Waals surface area contributed by atoms with Gasteiger partial charge in [-0.05, 0) is 18.2 Å². The molecule has 0 bridgehead atoms. The van der Waals surface area contributed by atoms with Gasteiger partial charge < -0.3 is 0 Å². The van der Waals surface area contributed by atoms with E-state index in [-0.39, 0.29) is 5.56 Å². The molecular formula is C14H11F2N5S. The summed E-state index contributed by atoms with van der Waals surface area (Å²) in [6.45, 7) is 0. The van der Waals surface area contributed by atoms with E-state index in [2.05, 4.69) is 20.6 Å². The maximum absolute atomic E-state index is 13.7. The van der Waals surface area contributed by atoms with Crippen molar-refractivity contribution >= 4 is 22.7 Å². The molecule has 0 spiro atoms. The van der Waals surface area contributed by atoms with Gasteiger partial charge in [-0.1, -0.05) is 0 Å². The van der Waals surface area contributed by atoms with Crippen LogP contribution in [0, 0.1) is 11.6 Å². The molecule has 2 aromatic heterocycles. The summed E-state index contributed by atoms with van der Waals surface area (Å²) in [7, 11) is 1.81. The van der Waals surface area contributed by atoms with Crippen molar-refractivity contribution in [2.75, 3.05) is 5.43 Å². The average Bonchev–Trinajstić information content (AvgIpc) is 3.11. The SMILES string of the molecule is Cn1cc(/C=N/Nc2nc(-c3cc(F)ccc3F)cs2)cn1. The number of rotatable bonds is 4. The molecule has 8 heteroatoms. The summed E-state index contributed by atoms with van der Waals surface area (Å²) >= 11 is 1.25. The van der Waals surface area contributed by atoms with Crippen LogP contribution < -0.4 is 5.43 Å². The lowest BCUT2D eigenvalue weighted by molar-refractivity contribution is 0.603. The maximum Gasteiger partial charge on any atom is 0.203 e. The van der Waals surface area contributed by atoms with E-state index in [0.29, 0.717) is 10.8 Å². The Morgan fingerprint density at radius 1 is 1.36 bits per heavy atom. The van der Waals surface area contributed by atoms with Gasteiger partial charge in [0.15, 0.2) is 0 Å². The first kappa shape index (κ1) is 14.3. The zero-order valence-corrected chi connectivity index (χ0v) is 12.3. The van der Waals surface area contributed by atoms with Gasteiger partial charge in [-0.25, -0.2) is 13.8 Å². The molecule has 0 amide bonds. The number of nitrogens with one attached hydrogen (secondary N) is 1. The Hall–Kier alpha value is -2.61. The highest BCUT2D eigenvalue weighted by Gasteiger charge is 2.10. The lowest BCUT2D eigenvalue weighted by Gasteiger charge is -1.99. The smallest absolute Gasteiger partial charge is 0.203 e. The summed E-state index contributed by atoms with van der Waals surface area (Å²) in [5.41, 5.74) is 4.07. The number of hydrogen-bond donors (Lipinski definition) is 1. The fraction of sp³-hybridized carbons (Fsp3) is 0.0714. The Kier molecular flexibility index (Phi) is 3.92. The summed E-state index contributed by atoms with van der Waals surface area (Å²) < 4.78 is 28.5. The second-order valence-corrected chi connectivity index (χ2v) is 5.34. The van der Waals surface area contributed by atoms with Crippen LogP contribution in [-0.2, 0) is 7.05 Å². The zero-order chi connectivity index (χ0) is 15.5. The van der Waals surface area contributed by atoms with Crippen LogP contribution in [0.2, 0.25) is 0 Å². The summed E-state index contributed by atoms with van der Waals surface area (Å²) in [6.07, 6.45) is 5.07. The van der Waals surface area contributed by atoms with Gasteiger partial charge in [0, 0.05) is 29.8 Å².